The molecule has 9 atom stereocenters. The molecule has 0 aliphatic heterocycles. The van der Waals surface area contributed by atoms with Crippen LogP contribution in [0.4, 0.5) is 13.2 Å². The zero-order chi connectivity index (χ0) is 21.9. The Morgan fingerprint density at radius 3 is 2.40 bits per heavy atom. The van der Waals surface area contributed by atoms with E-state index in [0.717, 1.165) is 38.5 Å². The molecule has 4 saturated carbocycles. The first-order valence-electron chi connectivity index (χ1n) is 11.9. The molecule has 0 aromatic heterocycles. The van der Waals surface area contributed by atoms with Crippen LogP contribution in [-0.2, 0) is 9.53 Å². The third-order valence-electron chi connectivity index (χ3n) is 10.1. The number of alkyl halides is 3. The number of fused-ring (bicyclic) bond motifs is 5. The molecule has 0 aromatic carbocycles. The van der Waals surface area contributed by atoms with E-state index in [2.05, 4.69) is 13.8 Å². The first kappa shape index (κ1) is 22.6. The number of rotatable bonds is 4. The fourth-order valence-corrected chi connectivity index (χ4v) is 8.45. The number of halogens is 3. The van der Waals surface area contributed by atoms with Crippen molar-refractivity contribution in [3.05, 3.63) is 0 Å². The molecule has 8 unspecified atom stereocenters. The molecular formula is C24H37F3O3. The van der Waals surface area contributed by atoms with Gasteiger partial charge in [0, 0.05) is 0 Å². The van der Waals surface area contributed by atoms with Crippen molar-refractivity contribution in [3.63, 3.8) is 0 Å². The summed E-state index contributed by atoms with van der Waals surface area (Å²) in [5, 5.41) is 10.2. The summed E-state index contributed by atoms with van der Waals surface area (Å²) < 4.78 is 43.2. The van der Waals surface area contributed by atoms with E-state index in [4.69, 9.17) is 4.74 Å². The number of hydrogen-bond donors (Lipinski definition) is 1. The van der Waals surface area contributed by atoms with E-state index in [1.807, 2.05) is 6.92 Å². The molecule has 0 radical (unpaired) electrons. The maximum Gasteiger partial charge on any atom is 0.452 e. The van der Waals surface area contributed by atoms with Gasteiger partial charge in [-0.25, -0.2) is 0 Å². The van der Waals surface area contributed by atoms with Crippen molar-refractivity contribution in [3.8, 4) is 0 Å². The number of hydrogen-bond acceptors (Lipinski definition) is 3. The Hall–Kier alpha value is -0.620. The minimum Gasteiger partial charge on any atom is -0.393 e. The number of carbonyl (C=O) groups excluding carboxylic acids is 1. The van der Waals surface area contributed by atoms with Gasteiger partial charge in [0.1, 0.15) is 6.61 Å². The number of Topliss-reactive ketones (excluding diaryl/α,β-unsaturated/α-hetero) is 1. The maximum absolute atomic E-state index is 12.6. The van der Waals surface area contributed by atoms with Gasteiger partial charge < -0.3 is 9.84 Å². The van der Waals surface area contributed by atoms with E-state index < -0.39 is 18.6 Å². The summed E-state index contributed by atoms with van der Waals surface area (Å²) in [5.41, 5.74) is 0.405. The Balaban J connectivity index is 1.45. The standard InChI is InChI=1S/C24H37F3O3/c1-14(30-13-21(29)24(25,26)27)18-6-7-19-17-5-4-15-12-16(28)8-10-22(15,2)20(17)9-11-23(18,19)3/h14-20,28H,4-13H2,1-3H3/t14-,15?,16?,17?,18?,19?,20?,22?,23?/m0/s1. The summed E-state index contributed by atoms with van der Waals surface area (Å²) in [5.74, 6) is 1.01. The van der Waals surface area contributed by atoms with Crippen LogP contribution in [0.25, 0.3) is 0 Å². The number of aliphatic hydroxyl groups is 1. The van der Waals surface area contributed by atoms with E-state index in [-0.39, 0.29) is 23.5 Å². The Kier molecular flexibility index (Phi) is 5.83. The Morgan fingerprint density at radius 2 is 1.70 bits per heavy atom. The van der Waals surface area contributed by atoms with Crippen molar-refractivity contribution in [2.75, 3.05) is 6.61 Å². The van der Waals surface area contributed by atoms with Crippen LogP contribution < -0.4 is 0 Å². The van der Waals surface area contributed by atoms with Gasteiger partial charge in [0.05, 0.1) is 12.2 Å². The van der Waals surface area contributed by atoms with Crippen LogP contribution in [0, 0.1) is 40.4 Å². The first-order valence-corrected chi connectivity index (χ1v) is 11.9. The Labute approximate surface area is 178 Å². The lowest BCUT2D eigenvalue weighted by molar-refractivity contribution is -0.179. The van der Waals surface area contributed by atoms with Gasteiger partial charge in [-0.15, -0.1) is 0 Å². The van der Waals surface area contributed by atoms with Gasteiger partial charge >= 0.3 is 6.18 Å². The summed E-state index contributed by atoms with van der Waals surface area (Å²) in [7, 11) is 0. The van der Waals surface area contributed by atoms with Crippen LogP contribution in [-0.4, -0.2) is 35.9 Å². The molecule has 4 fully saturated rings. The molecule has 0 amide bonds. The minimum atomic E-state index is -4.82. The van der Waals surface area contributed by atoms with Gasteiger partial charge in [-0.2, -0.15) is 13.2 Å². The van der Waals surface area contributed by atoms with Crippen LogP contribution in [0.15, 0.2) is 0 Å². The van der Waals surface area contributed by atoms with Crippen LogP contribution in [0.5, 0.6) is 0 Å². The molecule has 4 rings (SSSR count). The predicted molar refractivity (Wildman–Crippen MR) is 108 cm³/mol. The molecular weight excluding hydrogens is 393 g/mol. The van der Waals surface area contributed by atoms with E-state index in [9.17, 15) is 23.1 Å². The Morgan fingerprint density at radius 1 is 1.03 bits per heavy atom. The third kappa shape index (κ3) is 3.64. The van der Waals surface area contributed by atoms with E-state index in [1.165, 1.54) is 19.3 Å². The molecule has 172 valence electrons. The molecule has 0 saturated heterocycles. The van der Waals surface area contributed by atoms with Crippen LogP contribution in [0.3, 0.4) is 0 Å². The highest BCUT2D eigenvalue weighted by atomic mass is 19.4. The highest BCUT2D eigenvalue weighted by Crippen LogP contribution is 2.67. The van der Waals surface area contributed by atoms with Gasteiger partial charge in [0.2, 0.25) is 0 Å². The Bertz CT molecular complexity index is 665. The summed E-state index contributed by atoms with van der Waals surface area (Å²) in [6, 6.07) is 0. The SMILES string of the molecule is C[C@H](OCC(=O)C(F)(F)F)C1CCC2C3CCC4CC(O)CCC4(C)C3CCC21C. The second kappa shape index (κ2) is 7.75. The predicted octanol–water partition coefficient (Wildman–Crippen LogP) is 5.54. The lowest BCUT2D eigenvalue weighted by Crippen LogP contribution is -2.54. The molecule has 4 aliphatic rings. The molecule has 3 nitrogen and oxygen atoms in total. The van der Waals surface area contributed by atoms with E-state index in [1.54, 1.807) is 0 Å². The van der Waals surface area contributed by atoms with Crippen molar-refractivity contribution in [1.29, 1.82) is 0 Å². The van der Waals surface area contributed by atoms with Crippen LogP contribution >= 0.6 is 0 Å². The first-order chi connectivity index (χ1) is 14.0. The molecule has 1 N–H and O–H groups in total. The minimum absolute atomic E-state index is 0.0826. The maximum atomic E-state index is 12.6. The molecule has 4 aliphatic carbocycles. The lowest BCUT2D eigenvalue weighted by Gasteiger charge is -2.61. The second-order valence-electron chi connectivity index (χ2n) is 11.3. The number of carbonyl (C=O) groups is 1. The van der Waals surface area contributed by atoms with E-state index >= 15 is 0 Å². The lowest BCUT2D eigenvalue weighted by atomic mass is 9.44. The van der Waals surface area contributed by atoms with Crippen molar-refractivity contribution < 1.29 is 27.8 Å². The number of ketones is 1. The van der Waals surface area contributed by atoms with Crippen molar-refractivity contribution in [2.24, 2.45) is 40.4 Å². The second-order valence-corrected chi connectivity index (χ2v) is 11.3. The zero-order valence-corrected chi connectivity index (χ0v) is 18.5. The highest BCUT2D eigenvalue weighted by molar-refractivity contribution is 5.85. The summed E-state index contributed by atoms with van der Waals surface area (Å²) in [4.78, 5) is 11.3. The smallest absolute Gasteiger partial charge is 0.393 e. The van der Waals surface area contributed by atoms with Gasteiger partial charge in [-0.1, -0.05) is 13.8 Å². The average Bonchev–Trinajstić information content (AvgIpc) is 3.03. The fourth-order valence-electron chi connectivity index (χ4n) is 8.45. The topological polar surface area (TPSA) is 46.5 Å². The molecule has 0 aromatic rings. The summed E-state index contributed by atoms with van der Waals surface area (Å²) >= 11 is 0. The molecule has 0 spiro atoms. The number of ether oxygens (including phenoxy) is 1. The van der Waals surface area contributed by atoms with Crippen molar-refractivity contribution >= 4 is 5.78 Å². The van der Waals surface area contributed by atoms with E-state index in [0.29, 0.717) is 29.1 Å². The summed E-state index contributed by atoms with van der Waals surface area (Å²) in [6.07, 6.45) is 4.46. The van der Waals surface area contributed by atoms with Crippen LogP contribution in [0.2, 0.25) is 0 Å². The quantitative estimate of drug-likeness (QED) is 0.637. The highest BCUT2D eigenvalue weighted by Gasteiger charge is 2.60. The monoisotopic (exact) mass is 430 g/mol. The summed E-state index contributed by atoms with van der Waals surface area (Å²) in [6.45, 7) is 5.78. The molecule has 0 bridgehead atoms. The zero-order valence-electron chi connectivity index (χ0n) is 18.5. The van der Waals surface area contributed by atoms with Crippen molar-refractivity contribution in [1.82, 2.24) is 0 Å². The van der Waals surface area contributed by atoms with Crippen LogP contribution in [0.1, 0.15) is 78.6 Å². The molecule has 30 heavy (non-hydrogen) atoms. The largest absolute Gasteiger partial charge is 0.452 e. The van der Waals surface area contributed by atoms with Gasteiger partial charge in [-0.05, 0) is 105 Å². The van der Waals surface area contributed by atoms with Crippen molar-refractivity contribution in [2.45, 2.75) is 96.9 Å². The normalized spacial score (nSPS) is 47.2. The molecule has 6 heteroatoms. The van der Waals surface area contributed by atoms with Gasteiger partial charge in [-0.3, -0.25) is 4.79 Å². The average molecular weight is 431 g/mol. The molecule has 0 heterocycles. The van der Waals surface area contributed by atoms with Gasteiger partial charge in [0.15, 0.2) is 0 Å². The third-order valence-corrected chi connectivity index (χ3v) is 10.1. The van der Waals surface area contributed by atoms with Gasteiger partial charge in [0.25, 0.3) is 5.78 Å². The number of aliphatic hydroxyl groups excluding tert-OH is 1. The fraction of sp³-hybridized carbons (Fsp3) is 0.958.